The molecule has 0 aromatic heterocycles. The Morgan fingerprint density at radius 2 is 2.18 bits per heavy atom. The summed E-state index contributed by atoms with van der Waals surface area (Å²) in [6.07, 6.45) is 2.41. The number of ether oxygens (including phenoxy) is 1. The molecule has 0 bridgehead atoms. The van der Waals surface area contributed by atoms with Gasteiger partial charge in [0.15, 0.2) is 0 Å². The van der Waals surface area contributed by atoms with E-state index in [1.807, 2.05) is 24.3 Å². The van der Waals surface area contributed by atoms with Crippen LogP contribution in [0.3, 0.4) is 0 Å². The van der Waals surface area contributed by atoms with Gasteiger partial charge in [0.1, 0.15) is 0 Å². The number of para-hydroxylation sites is 1. The Balaban J connectivity index is 2.20. The van der Waals surface area contributed by atoms with E-state index < -0.39 is 0 Å². The summed E-state index contributed by atoms with van der Waals surface area (Å²) in [6, 6.07) is 7.75. The van der Waals surface area contributed by atoms with Crippen molar-refractivity contribution in [1.29, 1.82) is 0 Å². The zero-order valence-corrected chi connectivity index (χ0v) is 10.8. The Kier molecular flexibility index (Phi) is 3.92. The van der Waals surface area contributed by atoms with Crippen LogP contribution in [-0.2, 0) is 4.74 Å². The summed E-state index contributed by atoms with van der Waals surface area (Å²) in [5.74, 6) is 0.587. The molecule has 3 N–H and O–H groups in total. The van der Waals surface area contributed by atoms with Crippen molar-refractivity contribution in [1.82, 2.24) is 0 Å². The normalized spacial score (nSPS) is 18.8. The molecule has 1 aromatic rings. The van der Waals surface area contributed by atoms with Crippen molar-refractivity contribution in [2.24, 2.45) is 11.7 Å². The molecule has 0 heterocycles. The van der Waals surface area contributed by atoms with Gasteiger partial charge in [0.25, 0.3) is 0 Å². The van der Waals surface area contributed by atoms with Crippen LogP contribution in [0.15, 0.2) is 24.3 Å². The lowest BCUT2D eigenvalue weighted by molar-refractivity contribution is 0.134. The van der Waals surface area contributed by atoms with E-state index in [0.717, 1.165) is 10.7 Å². The molecule has 4 heteroatoms. The second kappa shape index (κ2) is 5.25. The number of nitrogens with one attached hydrogen (secondary N) is 1. The third-order valence-electron chi connectivity index (χ3n) is 3.38. The molecule has 1 aliphatic carbocycles. The van der Waals surface area contributed by atoms with Gasteiger partial charge >= 0.3 is 0 Å². The van der Waals surface area contributed by atoms with Crippen LogP contribution in [0.1, 0.15) is 12.8 Å². The monoisotopic (exact) mass is 254 g/mol. The average Bonchev–Trinajstić information content (AvgIpc) is 3.15. The highest BCUT2D eigenvalue weighted by molar-refractivity contribution is 6.33. The molecule has 0 amide bonds. The van der Waals surface area contributed by atoms with Crippen LogP contribution in [0, 0.1) is 5.92 Å². The smallest absolute Gasteiger partial charge is 0.0756 e. The summed E-state index contributed by atoms with van der Waals surface area (Å²) in [6.45, 7) is 1.16. The molecule has 1 aliphatic rings. The number of halogens is 1. The van der Waals surface area contributed by atoms with Crippen molar-refractivity contribution in [2.75, 3.05) is 25.6 Å². The van der Waals surface area contributed by atoms with Crippen molar-refractivity contribution in [3.63, 3.8) is 0 Å². The molecule has 1 saturated carbocycles. The lowest BCUT2D eigenvalue weighted by atomic mass is 9.93. The summed E-state index contributed by atoms with van der Waals surface area (Å²) in [7, 11) is 1.71. The minimum Gasteiger partial charge on any atom is -0.382 e. The third kappa shape index (κ3) is 2.73. The van der Waals surface area contributed by atoms with Crippen LogP contribution in [0.25, 0.3) is 0 Å². The largest absolute Gasteiger partial charge is 0.382 e. The molecule has 2 rings (SSSR count). The van der Waals surface area contributed by atoms with E-state index in [2.05, 4.69) is 5.32 Å². The third-order valence-corrected chi connectivity index (χ3v) is 3.71. The molecular formula is C13H19ClN2O. The predicted octanol–water partition coefficient (Wildman–Crippen LogP) is 2.51. The first kappa shape index (κ1) is 12.7. The Labute approximate surface area is 107 Å². The quantitative estimate of drug-likeness (QED) is 0.820. The van der Waals surface area contributed by atoms with Crippen LogP contribution < -0.4 is 11.1 Å². The molecule has 0 saturated heterocycles. The molecule has 1 fully saturated rings. The molecule has 0 radical (unpaired) electrons. The van der Waals surface area contributed by atoms with Gasteiger partial charge in [-0.05, 0) is 30.9 Å². The van der Waals surface area contributed by atoms with Gasteiger partial charge in [-0.15, -0.1) is 0 Å². The second-order valence-electron chi connectivity index (χ2n) is 4.67. The Bertz CT molecular complexity index is 381. The highest BCUT2D eigenvalue weighted by atomic mass is 35.5. The Morgan fingerprint density at radius 3 is 2.71 bits per heavy atom. The van der Waals surface area contributed by atoms with E-state index in [-0.39, 0.29) is 5.54 Å². The fourth-order valence-electron chi connectivity index (χ4n) is 2.26. The minimum atomic E-state index is -0.181. The Hall–Kier alpha value is -0.770. The van der Waals surface area contributed by atoms with Crippen LogP contribution in [-0.4, -0.2) is 25.8 Å². The first-order valence-corrected chi connectivity index (χ1v) is 6.31. The summed E-state index contributed by atoms with van der Waals surface area (Å²) in [5, 5.41) is 4.22. The number of hydrogen-bond acceptors (Lipinski definition) is 3. The summed E-state index contributed by atoms with van der Waals surface area (Å²) in [5.41, 5.74) is 6.70. The molecule has 1 aromatic carbocycles. The van der Waals surface area contributed by atoms with Gasteiger partial charge in [-0.25, -0.2) is 0 Å². The van der Waals surface area contributed by atoms with Crippen molar-refractivity contribution in [2.45, 2.75) is 18.4 Å². The zero-order valence-electron chi connectivity index (χ0n) is 10.1. The first-order chi connectivity index (χ1) is 8.22. The lowest BCUT2D eigenvalue weighted by Crippen LogP contribution is -2.51. The maximum atomic E-state index is 6.17. The van der Waals surface area contributed by atoms with Crippen LogP contribution in [0.5, 0.6) is 0 Å². The topological polar surface area (TPSA) is 47.3 Å². The number of methoxy groups -OCH3 is 1. The second-order valence-corrected chi connectivity index (χ2v) is 5.08. The SMILES string of the molecule is COCC(CN)(Nc1ccccc1Cl)C1CC1. The molecule has 1 atom stereocenters. The average molecular weight is 255 g/mol. The summed E-state index contributed by atoms with van der Waals surface area (Å²) in [4.78, 5) is 0. The van der Waals surface area contributed by atoms with Gasteiger partial charge in [-0.3, -0.25) is 0 Å². The number of anilines is 1. The molecule has 0 aliphatic heterocycles. The van der Waals surface area contributed by atoms with Crippen LogP contribution in [0.2, 0.25) is 5.02 Å². The fourth-order valence-corrected chi connectivity index (χ4v) is 2.44. The Morgan fingerprint density at radius 1 is 1.47 bits per heavy atom. The van der Waals surface area contributed by atoms with E-state index in [1.165, 1.54) is 12.8 Å². The molecule has 0 spiro atoms. The molecular weight excluding hydrogens is 236 g/mol. The first-order valence-electron chi connectivity index (χ1n) is 5.93. The van der Waals surface area contributed by atoms with Crippen molar-refractivity contribution < 1.29 is 4.74 Å². The number of benzene rings is 1. The zero-order chi connectivity index (χ0) is 12.3. The van der Waals surface area contributed by atoms with Crippen molar-refractivity contribution in [3.05, 3.63) is 29.3 Å². The lowest BCUT2D eigenvalue weighted by Gasteiger charge is -2.34. The molecule has 1 unspecified atom stereocenters. The molecule has 3 nitrogen and oxygen atoms in total. The van der Waals surface area contributed by atoms with Gasteiger partial charge in [0, 0.05) is 13.7 Å². The van der Waals surface area contributed by atoms with Gasteiger partial charge in [-0.1, -0.05) is 23.7 Å². The standard InChI is InChI=1S/C13H19ClN2O/c1-17-9-13(8-15,10-6-7-10)16-12-5-3-2-4-11(12)14/h2-5,10,16H,6-9,15H2,1H3. The van der Waals surface area contributed by atoms with E-state index in [0.29, 0.717) is 19.1 Å². The molecule has 94 valence electrons. The van der Waals surface area contributed by atoms with Crippen LogP contribution >= 0.6 is 11.6 Å². The van der Waals surface area contributed by atoms with Gasteiger partial charge in [-0.2, -0.15) is 0 Å². The maximum absolute atomic E-state index is 6.17. The number of rotatable bonds is 6. The maximum Gasteiger partial charge on any atom is 0.0756 e. The number of nitrogens with two attached hydrogens (primary N) is 1. The van der Waals surface area contributed by atoms with Gasteiger partial charge in [0.05, 0.1) is 22.9 Å². The van der Waals surface area contributed by atoms with E-state index >= 15 is 0 Å². The highest BCUT2D eigenvalue weighted by Crippen LogP contribution is 2.42. The predicted molar refractivity (Wildman–Crippen MR) is 71.5 cm³/mol. The fraction of sp³-hybridized carbons (Fsp3) is 0.538. The summed E-state index contributed by atoms with van der Waals surface area (Å²) < 4.78 is 5.33. The van der Waals surface area contributed by atoms with E-state index in [1.54, 1.807) is 7.11 Å². The van der Waals surface area contributed by atoms with Gasteiger partial charge in [0.2, 0.25) is 0 Å². The van der Waals surface area contributed by atoms with Crippen LogP contribution in [0.4, 0.5) is 5.69 Å². The van der Waals surface area contributed by atoms with Crippen molar-refractivity contribution >= 4 is 17.3 Å². The van der Waals surface area contributed by atoms with E-state index in [9.17, 15) is 0 Å². The van der Waals surface area contributed by atoms with E-state index in [4.69, 9.17) is 22.1 Å². The summed E-state index contributed by atoms with van der Waals surface area (Å²) >= 11 is 6.17. The number of hydrogen-bond donors (Lipinski definition) is 2. The molecule has 17 heavy (non-hydrogen) atoms. The van der Waals surface area contributed by atoms with Crippen molar-refractivity contribution in [3.8, 4) is 0 Å². The highest BCUT2D eigenvalue weighted by Gasteiger charge is 2.44. The minimum absolute atomic E-state index is 0.181. The van der Waals surface area contributed by atoms with Gasteiger partial charge < -0.3 is 15.8 Å².